The summed E-state index contributed by atoms with van der Waals surface area (Å²) in [6.45, 7) is 0. The molecule has 0 unspecified atom stereocenters. The summed E-state index contributed by atoms with van der Waals surface area (Å²) in [6, 6.07) is 7.90. The van der Waals surface area contributed by atoms with E-state index in [-0.39, 0.29) is 10.5 Å². The summed E-state index contributed by atoms with van der Waals surface area (Å²) in [5, 5.41) is 8.76. The average Bonchev–Trinajstić information content (AvgIpc) is 2.47. The van der Waals surface area contributed by atoms with Crippen molar-refractivity contribution in [1.29, 1.82) is 5.26 Å². The number of hydrogen-bond donors (Lipinski definition) is 0. The normalized spacial score (nSPS) is 10.8. The SMILES string of the molecule is CN(c1cccnc1)S(=O)(=O)c1ccc(F)c(C#N)c1. The second-order valence-electron chi connectivity index (χ2n) is 3.94. The average molecular weight is 291 g/mol. The lowest BCUT2D eigenvalue weighted by atomic mass is 10.2. The van der Waals surface area contributed by atoms with Gasteiger partial charge in [0.05, 0.1) is 22.3 Å². The molecule has 0 aliphatic heterocycles. The second-order valence-corrected chi connectivity index (χ2v) is 5.91. The Hall–Kier alpha value is -2.46. The van der Waals surface area contributed by atoms with E-state index < -0.39 is 15.8 Å². The monoisotopic (exact) mass is 291 g/mol. The van der Waals surface area contributed by atoms with Crippen LogP contribution in [0.2, 0.25) is 0 Å². The van der Waals surface area contributed by atoms with Crippen LogP contribution in [0.4, 0.5) is 10.1 Å². The summed E-state index contributed by atoms with van der Waals surface area (Å²) < 4.78 is 39.0. The molecule has 2 aromatic rings. The van der Waals surface area contributed by atoms with Gasteiger partial charge < -0.3 is 0 Å². The van der Waals surface area contributed by atoms with Gasteiger partial charge in [0.2, 0.25) is 0 Å². The van der Waals surface area contributed by atoms with Gasteiger partial charge in [-0.3, -0.25) is 9.29 Å². The van der Waals surface area contributed by atoms with Crippen molar-refractivity contribution in [3.05, 3.63) is 54.1 Å². The van der Waals surface area contributed by atoms with E-state index in [0.29, 0.717) is 5.69 Å². The molecule has 0 atom stereocenters. The smallest absolute Gasteiger partial charge is 0.264 e. The molecule has 0 spiro atoms. The van der Waals surface area contributed by atoms with Crippen LogP contribution in [-0.4, -0.2) is 20.4 Å². The molecule has 7 heteroatoms. The molecule has 0 fully saturated rings. The maximum absolute atomic E-state index is 13.2. The number of halogens is 1. The Morgan fingerprint density at radius 2 is 2.10 bits per heavy atom. The zero-order valence-electron chi connectivity index (χ0n) is 10.5. The van der Waals surface area contributed by atoms with Crippen molar-refractivity contribution in [2.75, 3.05) is 11.4 Å². The highest BCUT2D eigenvalue weighted by atomic mass is 32.2. The lowest BCUT2D eigenvalue weighted by Gasteiger charge is -2.19. The van der Waals surface area contributed by atoms with Crippen molar-refractivity contribution in [2.24, 2.45) is 0 Å². The van der Waals surface area contributed by atoms with Crippen LogP contribution < -0.4 is 4.31 Å². The van der Waals surface area contributed by atoms with Crippen molar-refractivity contribution in [2.45, 2.75) is 4.90 Å². The predicted molar refractivity (Wildman–Crippen MR) is 70.9 cm³/mol. The Morgan fingerprint density at radius 3 is 2.70 bits per heavy atom. The number of nitrogens with zero attached hydrogens (tertiary/aromatic N) is 3. The first-order valence-electron chi connectivity index (χ1n) is 5.55. The lowest BCUT2D eigenvalue weighted by Crippen LogP contribution is -2.26. The van der Waals surface area contributed by atoms with E-state index in [4.69, 9.17) is 5.26 Å². The van der Waals surface area contributed by atoms with Crippen molar-refractivity contribution in [1.82, 2.24) is 4.98 Å². The Morgan fingerprint density at radius 1 is 1.35 bits per heavy atom. The Balaban J connectivity index is 2.49. The highest BCUT2D eigenvalue weighted by Crippen LogP contribution is 2.22. The fourth-order valence-electron chi connectivity index (χ4n) is 1.59. The van der Waals surface area contributed by atoms with E-state index in [0.717, 1.165) is 22.5 Å². The van der Waals surface area contributed by atoms with E-state index in [9.17, 15) is 12.8 Å². The number of hydrogen-bond acceptors (Lipinski definition) is 4. The van der Waals surface area contributed by atoms with E-state index in [1.54, 1.807) is 18.2 Å². The first kappa shape index (κ1) is 14.0. The minimum Gasteiger partial charge on any atom is -0.268 e. The lowest BCUT2D eigenvalue weighted by molar-refractivity contribution is 0.592. The van der Waals surface area contributed by atoms with Gasteiger partial charge in [-0.25, -0.2) is 12.8 Å². The molecular weight excluding hydrogens is 281 g/mol. The summed E-state index contributed by atoms with van der Waals surface area (Å²) in [5.74, 6) is -0.754. The highest BCUT2D eigenvalue weighted by molar-refractivity contribution is 7.92. The fourth-order valence-corrected chi connectivity index (χ4v) is 2.80. The molecule has 102 valence electrons. The molecule has 0 radical (unpaired) electrons. The first-order valence-corrected chi connectivity index (χ1v) is 6.99. The van der Waals surface area contributed by atoms with Crippen LogP contribution in [0.15, 0.2) is 47.6 Å². The van der Waals surface area contributed by atoms with Gasteiger partial charge >= 0.3 is 0 Å². The number of rotatable bonds is 3. The third-order valence-corrected chi connectivity index (χ3v) is 4.51. The second kappa shape index (κ2) is 5.27. The summed E-state index contributed by atoms with van der Waals surface area (Å²) in [7, 11) is -2.50. The first-order chi connectivity index (χ1) is 9.46. The molecular formula is C13H10FN3O2S. The predicted octanol–water partition coefficient (Wildman–Crippen LogP) is 1.92. The fraction of sp³-hybridized carbons (Fsp3) is 0.0769. The van der Waals surface area contributed by atoms with E-state index in [1.807, 2.05) is 0 Å². The van der Waals surface area contributed by atoms with Gasteiger partial charge in [0, 0.05) is 13.2 Å². The molecule has 20 heavy (non-hydrogen) atoms. The topological polar surface area (TPSA) is 74.1 Å². The Kier molecular flexibility index (Phi) is 3.68. The number of sulfonamides is 1. The number of anilines is 1. The third-order valence-electron chi connectivity index (χ3n) is 2.73. The number of aromatic nitrogens is 1. The van der Waals surface area contributed by atoms with Crippen LogP contribution in [0, 0.1) is 17.1 Å². The quantitative estimate of drug-likeness (QED) is 0.866. The van der Waals surface area contributed by atoms with Crippen LogP contribution in [-0.2, 0) is 10.0 Å². The molecule has 0 bridgehead atoms. The number of benzene rings is 1. The van der Waals surface area contributed by atoms with Gasteiger partial charge in [-0.1, -0.05) is 0 Å². The van der Waals surface area contributed by atoms with Crippen LogP contribution in [0.3, 0.4) is 0 Å². The van der Waals surface area contributed by atoms with Gasteiger partial charge in [0.15, 0.2) is 0 Å². The van der Waals surface area contributed by atoms with Gasteiger partial charge in [-0.15, -0.1) is 0 Å². The molecule has 0 amide bonds. The minimum absolute atomic E-state index is 0.151. The summed E-state index contributed by atoms with van der Waals surface area (Å²) >= 11 is 0. The molecule has 5 nitrogen and oxygen atoms in total. The molecule has 0 aliphatic carbocycles. The molecule has 0 aliphatic rings. The van der Waals surface area contributed by atoms with E-state index in [1.165, 1.54) is 19.4 Å². The summed E-state index contributed by atoms with van der Waals surface area (Å²) in [6.07, 6.45) is 2.92. The van der Waals surface area contributed by atoms with Crippen molar-refractivity contribution >= 4 is 15.7 Å². The maximum atomic E-state index is 13.2. The van der Waals surface area contributed by atoms with Crippen LogP contribution in [0.25, 0.3) is 0 Å². The molecule has 1 aromatic carbocycles. The standard InChI is InChI=1S/C13H10FN3O2S/c1-17(11-3-2-6-16-9-11)20(18,19)12-4-5-13(14)10(7-12)8-15/h2-7,9H,1H3. The number of nitriles is 1. The van der Waals surface area contributed by atoms with Crippen LogP contribution in [0.5, 0.6) is 0 Å². The zero-order chi connectivity index (χ0) is 14.8. The van der Waals surface area contributed by atoms with Gasteiger partial charge in [0.25, 0.3) is 10.0 Å². The molecule has 0 saturated heterocycles. The van der Waals surface area contributed by atoms with Crippen molar-refractivity contribution < 1.29 is 12.8 Å². The highest BCUT2D eigenvalue weighted by Gasteiger charge is 2.22. The van der Waals surface area contributed by atoms with Gasteiger partial charge in [-0.2, -0.15) is 5.26 Å². The summed E-state index contributed by atoms with van der Waals surface area (Å²) in [5.41, 5.74) is 0.0565. The van der Waals surface area contributed by atoms with E-state index in [2.05, 4.69) is 4.98 Å². The van der Waals surface area contributed by atoms with Gasteiger partial charge in [0.1, 0.15) is 11.9 Å². The Bertz CT molecular complexity index is 770. The maximum Gasteiger partial charge on any atom is 0.264 e. The molecule has 2 rings (SSSR count). The van der Waals surface area contributed by atoms with Crippen LogP contribution in [0.1, 0.15) is 5.56 Å². The molecule has 1 heterocycles. The third kappa shape index (κ3) is 2.46. The van der Waals surface area contributed by atoms with Crippen LogP contribution >= 0.6 is 0 Å². The zero-order valence-corrected chi connectivity index (χ0v) is 11.3. The molecule has 0 saturated carbocycles. The largest absolute Gasteiger partial charge is 0.268 e. The summed E-state index contributed by atoms with van der Waals surface area (Å²) in [4.78, 5) is 3.69. The molecule has 0 N–H and O–H groups in total. The minimum atomic E-state index is -3.87. The van der Waals surface area contributed by atoms with Gasteiger partial charge in [-0.05, 0) is 30.3 Å². The van der Waals surface area contributed by atoms with E-state index >= 15 is 0 Å². The Labute approximate surface area is 116 Å². The number of pyridine rings is 1. The van der Waals surface area contributed by atoms with Crippen molar-refractivity contribution in [3.8, 4) is 6.07 Å². The van der Waals surface area contributed by atoms with Crippen molar-refractivity contribution in [3.63, 3.8) is 0 Å². The molecule has 1 aromatic heterocycles.